The zero-order valence-electron chi connectivity index (χ0n) is 13.7. The molecule has 0 unspecified atom stereocenters. The van der Waals surface area contributed by atoms with Crippen LogP contribution in [0.5, 0.6) is 0 Å². The van der Waals surface area contributed by atoms with Crippen molar-refractivity contribution in [2.75, 3.05) is 32.7 Å². The quantitative estimate of drug-likeness (QED) is 0.702. The van der Waals surface area contributed by atoms with Gasteiger partial charge in [0.25, 0.3) is 5.91 Å². The van der Waals surface area contributed by atoms with Crippen molar-refractivity contribution in [2.24, 2.45) is 0 Å². The van der Waals surface area contributed by atoms with Crippen LogP contribution in [-0.2, 0) is 0 Å². The standard InChI is InChI=1S/C19H19BrClN3O/c20-17-6-3-15(4-7-17)2-1-9-23-10-12-24(13-11-23)19(25)16-5-8-18(21)22-14-16/h1-8,14H,9-13H2/b2-1+. The molecule has 1 saturated heterocycles. The van der Waals surface area contributed by atoms with Gasteiger partial charge in [-0.05, 0) is 29.8 Å². The lowest BCUT2D eigenvalue weighted by Crippen LogP contribution is -2.48. The van der Waals surface area contributed by atoms with Gasteiger partial charge in [0.15, 0.2) is 0 Å². The minimum absolute atomic E-state index is 0.0224. The summed E-state index contributed by atoms with van der Waals surface area (Å²) in [5, 5.41) is 0.402. The van der Waals surface area contributed by atoms with E-state index in [1.165, 1.54) is 11.8 Å². The molecule has 4 nitrogen and oxygen atoms in total. The maximum absolute atomic E-state index is 12.5. The van der Waals surface area contributed by atoms with Crippen LogP contribution >= 0.6 is 27.5 Å². The average Bonchev–Trinajstić information content (AvgIpc) is 2.64. The summed E-state index contributed by atoms with van der Waals surface area (Å²) in [6.07, 6.45) is 5.84. The molecule has 6 heteroatoms. The van der Waals surface area contributed by atoms with Gasteiger partial charge in [0.2, 0.25) is 0 Å². The number of carbonyl (C=O) groups is 1. The van der Waals surface area contributed by atoms with Gasteiger partial charge in [0.05, 0.1) is 5.56 Å². The summed E-state index contributed by atoms with van der Waals surface area (Å²) in [5.41, 5.74) is 1.78. The van der Waals surface area contributed by atoms with Crippen LogP contribution < -0.4 is 0 Å². The van der Waals surface area contributed by atoms with Crippen molar-refractivity contribution < 1.29 is 4.79 Å². The first-order chi connectivity index (χ1) is 12.1. The number of rotatable bonds is 4. The van der Waals surface area contributed by atoms with Crippen molar-refractivity contribution in [3.05, 3.63) is 69.4 Å². The van der Waals surface area contributed by atoms with Crippen LogP contribution in [0.4, 0.5) is 0 Å². The van der Waals surface area contributed by atoms with Crippen LogP contribution in [0.1, 0.15) is 15.9 Å². The molecule has 2 aromatic rings. The molecule has 0 bridgehead atoms. The molecule has 1 amide bonds. The van der Waals surface area contributed by atoms with Crippen molar-refractivity contribution in [3.8, 4) is 0 Å². The number of hydrogen-bond acceptors (Lipinski definition) is 3. The third-order valence-electron chi connectivity index (χ3n) is 4.18. The number of aromatic nitrogens is 1. The Labute approximate surface area is 161 Å². The third kappa shape index (κ3) is 5.14. The number of pyridine rings is 1. The van der Waals surface area contributed by atoms with E-state index in [-0.39, 0.29) is 5.91 Å². The molecule has 25 heavy (non-hydrogen) atoms. The number of amides is 1. The van der Waals surface area contributed by atoms with E-state index >= 15 is 0 Å². The van der Waals surface area contributed by atoms with E-state index < -0.39 is 0 Å². The minimum Gasteiger partial charge on any atom is -0.336 e. The van der Waals surface area contributed by atoms with Crippen LogP contribution in [-0.4, -0.2) is 53.4 Å². The normalized spacial score (nSPS) is 15.7. The number of halogens is 2. The predicted octanol–water partition coefficient (Wildman–Crippen LogP) is 3.97. The smallest absolute Gasteiger partial charge is 0.255 e. The fourth-order valence-electron chi connectivity index (χ4n) is 2.73. The molecule has 0 radical (unpaired) electrons. The molecular formula is C19H19BrClN3O. The zero-order valence-corrected chi connectivity index (χ0v) is 16.1. The monoisotopic (exact) mass is 419 g/mol. The number of hydrogen-bond donors (Lipinski definition) is 0. The van der Waals surface area contributed by atoms with E-state index in [4.69, 9.17) is 11.6 Å². The lowest BCUT2D eigenvalue weighted by molar-refractivity contribution is 0.0650. The maximum Gasteiger partial charge on any atom is 0.255 e. The van der Waals surface area contributed by atoms with Crippen molar-refractivity contribution in [1.29, 1.82) is 0 Å². The Balaban J connectivity index is 1.47. The Kier molecular flexibility index (Phi) is 6.24. The molecular weight excluding hydrogens is 402 g/mol. The second kappa shape index (κ2) is 8.61. The second-order valence-electron chi connectivity index (χ2n) is 5.92. The van der Waals surface area contributed by atoms with Crippen LogP contribution in [0, 0.1) is 0 Å². The van der Waals surface area contributed by atoms with E-state index in [0.29, 0.717) is 10.7 Å². The molecule has 0 saturated carbocycles. The SMILES string of the molecule is O=C(c1ccc(Cl)nc1)N1CCN(C/C=C/c2ccc(Br)cc2)CC1. The number of benzene rings is 1. The summed E-state index contributed by atoms with van der Waals surface area (Å²) >= 11 is 9.21. The Morgan fingerprint density at radius 3 is 2.48 bits per heavy atom. The van der Waals surface area contributed by atoms with Gasteiger partial charge in [-0.3, -0.25) is 9.69 Å². The summed E-state index contributed by atoms with van der Waals surface area (Å²) in [7, 11) is 0. The van der Waals surface area contributed by atoms with Gasteiger partial charge in [0, 0.05) is 43.4 Å². The summed E-state index contributed by atoms with van der Waals surface area (Å²) < 4.78 is 1.08. The molecule has 1 aromatic carbocycles. The highest BCUT2D eigenvalue weighted by atomic mass is 79.9. The minimum atomic E-state index is 0.0224. The van der Waals surface area contributed by atoms with Crippen molar-refractivity contribution in [2.45, 2.75) is 0 Å². The summed E-state index contributed by atoms with van der Waals surface area (Å²) in [6, 6.07) is 11.6. The van der Waals surface area contributed by atoms with E-state index in [9.17, 15) is 4.79 Å². The molecule has 1 aromatic heterocycles. The van der Waals surface area contributed by atoms with Crippen molar-refractivity contribution >= 4 is 39.5 Å². The van der Waals surface area contributed by atoms with Crippen LogP contribution in [0.25, 0.3) is 6.08 Å². The lowest BCUT2D eigenvalue weighted by atomic mass is 10.2. The lowest BCUT2D eigenvalue weighted by Gasteiger charge is -2.34. The molecule has 0 atom stereocenters. The Hall–Kier alpha value is -1.69. The van der Waals surface area contributed by atoms with Gasteiger partial charge in [-0.15, -0.1) is 0 Å². The molecule has 3 rings (SSSR count). The largest absolute Gasteiger partial charge is 0.336 e. The summed E-state index contributed by atoms with van der Waals surface area (Å²) in [6.45, 7) is 4.09. The zero-order chi connectivity index (χ0) is 17.6. The van der Waals surface area contributed by atoms with Crippen LogP contribution in [0.2, 0.25) is 5.15 Å². The second-order valence-corrected chi connectivity index (χ2v) is 7.22. The molecule has 0 N–H and O–H groups in total. The molecule has 1 aliphatic heterocycles. The summed E-state index contributed by atoms with van der Waals surface area (Å²) in [4.78, 5) is 20.7. The third-order valence-corrected chi connectivity index (χ3v) is 4.93. The molecule has 1 aliphatic rings. The van der Waals surface area contributed by atoms with Crippen LogP contribution in [0.15, 0.2) is 53.1 Å². The van der Waals surface area contributed by atoms with E-state index in [1.807, 2.05) is 17.0 Å². The maximum atomic E-state index is 12.5. The summed E-state index contributed by atoms with van der Waals surface area (Å²) in [5.74, 6) is 0.0224. The van der Waals surface area contributed by atoms with Gasteiger partial charge in [-0.2, -0.15) is 0 Å². The number of carbonyl (C=O) groups excluding carboxylic acids is 1. The fraction of sp³-hybridized carbons (Fsp3) is 0.263. The van der Waals surface area contributed by atoms with Crippen molar-refractivity contribution in [3.63, 3.8) is 0 Å². The highest BCUT2D eigenvalue weighted by Crippen LogP contribution is 2.13. The van der Waals surface area contributed by atoms with E-state index in [0.717, 1.165) is 37.2 Å². The molecule has 0 spiro atoms. The molecule has 2 heterocycles. The van der Waals surface area contributed by atoms with E-state index in [1.54, 1.807) is 12.1 Å². The molecule has 1 fully saturated rings. The van der Waals surface area contributed by atoms with Crippen LogP contribution in [0.3, 0.4) is 0 Å². The highest BCUT2D eigenvalue weighted by Gasteiger charge is 2.21. The number of nitrogens with zero attached hydrogens (tertiary/aromatic N) is 3. The van der Waals surface area contributed by atoms with Gasteiger partial charge >= 0.3 is 0 Å². The molecule has 0 aliphatic carbocycles. The first-order valence-corrected chi connectivity index (χ1v) is 9.34. The Morgan fingerprint density at radius 1 is 1.12 bits per heavy atom. The first-order valence-electron chi connectivity index (χ1n) is 8.17. The topological polar surface area (TPSA) is 36.4 Å². The average molecular weight is 421 g/mol. The fourth-order valence-corrected chi connectivity index (χ4v) is 3.11. The Morgan fingerprint density at radius 2 is 1.84 bits per heavy atom. The highest BCUT2D eigenvalue weighted by molar-refractivity contribution is 9.10. The van der Waals surface area contributed by atoms with Gasteiger partial charge in [0.1, 0.15) is 5.15 Å². The van der Waals surface area contributed by atoms with Gasteiger partial charge in [-0.1, -0.05) is 51.8 Å². The molecule has 130 valence electrons. The Bertz CT molecular complexity index is 738. The van der Waals surface area contributed by atoms with Crippen molar-refractivity contribution in [1.82, 2.24) is 14.8 Å². The van der Waals surface area contributed by atoms with Gasteiger partial charge in [-0.25, -0.2) is 4.98 Å². The number of piperazine rings is 1. The predicted molar refractivity (Wildman–Crippen MR) is 105 cm³/mol. The van der Waals surface area contributed by atoms with E-state index in [2.05, 4.69) is 50.1 Å². The van der Waals surface area contributed by atoms with Gasteiger partial charge < -0.3 is 4.90 Å². The first kappa shape index (κ1) is 18.1.